The summed E-state index contributed by atoms with van der Waals surface area (Å²) in [7, 11) is 0. The summed E-state index contributed by atoms with van der Waals surface area (Å²) < 4.78 is 21.4. The second-order valence-corrected chi connectivity index (χ2v) is 7.85. The van der Waals surface area contributed by atoms with Crippen LogP contribution in [0.15, 0.2) is 12.1 Å². The molecule has 0 spiro atoms. The van der Waals surface area contributed by atoms with Gasteiger partial charge in [0.25, 0.3) is 0 Å². The van der Waals surface area contributed by atoms with Gasteiger partial charge in [-0.25, -0.2) is 20.0 Å². The normalized spacial score (nSPS) is 16.8. The highest BCUT2D eigenvalue weighted by Gasteiger charge is 2.22. The van der Waals surface area contributed by atoms with Gasteiger partial charge >= 0.3 is 12.2 Å². The maximum atomic E-state index is 11.9. The lowest BCUT2D eigenvalue weighted by Gasteiger charge is -2.28. The lowest BCUT2D eigenvalue weighted by Crippen LogP contribution is -2.38. The van der Waals surface area contributed by atoms with Crippen molar-refractivity contribution in [3.8, 4) is 5.75 Å². The Morgan fingerprint density at radius 3 is 2.63 bits per heavy atom. The number of morpholine rings is 1. The SMILES string of the molecule is CC(C)(C)OC(=O)NNc1cc(OCCN2CCOC2=O)cc(N2CCOCC2)n1. The minimum absolute atomic E-state index is 0.306. The van der Waals surface area contributed by atoms with Gasteiger partial charge in [0, 0.05) is 25.2 Å². The molecule has 11 heteroatoms. The number of pyridine rings is 1. The molecule has 0 bridgehead atoms. The van der Waals surface area contributed by atoms with Crippen molar-refractivity contribution < 1.29 is 28.5 Å². The molecule has 1 aromatic rings. The summed E-state index contributed by atoms with van der Waals surface area (Å²) in [5, 5.41) is 0. The maximum Gasteiger partial charge on any atom is 0.426 e. The summed E-state index contributed by atoms with van der Waals surface area (Å²) in [6.45, 7) is 9.68. The number of cyclic esters (lactones) is 1. The van der Waals surface area contributed by atoms with Gasteiger partial charge in [0.05, 0.1) is 26.3 Å². The van der Waals surface area contributed by atoms with Crippen molar-refractivity contribution in [3.63, 3.8) is 0 Å². The maximum absolute atomic E-state index is 11.9. The molecule has 3 heterocycles. The summed E-state index contributed by atoms with van der Waals surface area (Å²) in [4.78, 5) is 31.7. The number of amides is 2. The molecule has 0 aromatic carbocycles. The minimum Gasteiger partial charge on any atom is -0.491 e. The number of carbonyl (C=O) groups excluding carboxylic acids is 2. The molecule has 3 rings (SSSR count). The number of rotatable bonds is 7. The average molecular weight is 423 g/mol. The van der Waals surface area contributed by atoms with Gasteiger partial charge in [-0.1, -0.05) is 0 Å². The third kappa shape index (κ3) is 6.55. The first-order chi connectivity index (χ1) is 14.3. The predicted octanol–water partition coefficient (Wildman–Crippen LogP) is 1.60. The predicted molar refractivity (Wildman–Crippen MR) is 109 cm³/mol. The van der Waals surface area contributed by atoms with Crippen molar-refractivity contribution >= 4 is 23.8 Å². The van der Waals surface area contributed by atoms with Crippen molar-refractivity contribution in [2.24, 2.45) is 0 Å². The number of nitrogens with zero attached hydrogens (tertiary/aromatic N) is 3. The van der Waals surface area contributed by atoms with E-state index in [-0.39, 0.29) is 6.09 Å². The van der Waals surface area contributed by atoms with Crippen LogP contribution < -0.4 is 20.5 Å². The van der Waals surface area contributed by atoms with E-state index in [4.69, 9.17) is 18.9 Å². The first-order valence-electron chi connectivity index (χ1n) is 9.94. The van der Waals surface area contributed by atoms with Crippen LogP contribution in [0.1, 0.15) is 20.8 Å². The Balaban J connectivity index is 1.64. The molecule has 0 radical (unpaired) electrons. The monoisotopic (exact) mass is 423 g/mol. The molecule has 30 heavy (non-hydrogen) atoms. The number of nitrogens with one attached hydrogen (secondary N) is 2. The molecule has 0 atom stereocenters. The molecule has 166 valence electrons. The molecule has 2 N–H and O–H groups in total. The number of aromatic nitrogens is 1. The lowest BCUT2D eigenvalue weighted by atomic mass is 10.2. The molecular weight excluding hydrogens is 394 g/mol. The Labute approximate surface area is 175 Å². The molecule has 0 aliphatic carbocycles. The summed E-state index contributed by atoms with van der Waals surface area (Å²) >= 11 is 0. The third-order valence-electron chi connectivity index (χ3n) is 4.29. The van der Waals surface area contributed by atoms with Crippen LogP contribution in [0.5, 0.6) is 5.75 Å². The van der Waals surface area contributed by atoms with Gasteiger partial charge in [-0.3, -0.25) is 5.43 Å². The molecule has 2 fully saturated rings. The molecular formula is C19H29N5O6. The van der Waals surface area contributed by atoms with E-state index >= 15 is 0 Å². The Hall–Kier alpha value is -2.95. The van der Waals surface area contributed by atoms with Crippen molar-refractivity contribution in [2.75, 3.05) is 62.9 Å². The Morgan fingerprint density at radius 2 is 1.97 bits per heavy atom. The van der Waals surface area contributed by atoms with Crippen LogP contribution in [0.3, 0.4) is 0 Å². The van der Waals surface area contributed by atoms with Crippen LogP contribution in [0.2, 0.25) is 0 Å². The van der Waals surface area contributed by atoms with Gasteiger partial charge in [-0.05, 0) is 20.8 Å². The van der Waals surface area contributed by atoms with Crippen LogP contribution in [0.4, 0.5) is 21.2 Å². The van der Waals surface area contributed by atoms with Gasteiger partial charge in [-0.2, -0.15) is 0 Å². The fourth-order valence-electron chi connectivity index (χ4n) is 2.91. The number of ether oxygens (including phenoxy) is 4. The van der Waals surface area contributed by atoms with Gasteiger partial charge in [0.15, 0.2) is 5.82 Å². The van der Waals surface area contributed by atoms with E-state index in [1.54, 1.807) is 31.7 Å². The number of hydrazine groups is 1. The molecule has 11 nitrogen and oxygen atoms in total. The minimum atomic E-state index is -0.615. The molecule has 2 aliphatic heterocycles. The number of hydrogen-bond donors (Lipinski definition) is 2. The Kier molecular flexibility index (Phi) is 7.03. The van der Waals surface area contributed by atoms with Gasteiger partial charge in [0.2, 0.25) is 0 Å². The average Bonchev–Trinajstić information content (AvgIpc) is 3.10. The van der Waals surface area contributed by atoms with Crippen molar-refractivity contribution in [1.82, 2.24) is 15.3 Å². The van der Waals surface area contributed by atoms with Crippen LogP contribution >= 0.6 is 0 Å². The van der Waals surface area contributed by atoms with Gasteiger partial charge in [0.1, 0.15) is 30.4 Å². The van der Waals surface area contributed by atoms with Crippen LogP contribution in [0, 0.1) is 0 Å². The Bertz CT molecular complexity index is 747. The fraction of sp³-hybridized carbons (Fsp3) is 0.632. The molecule has 1 aromatic heterocycles. The van der Waals surface area contributed by atoms with E-state index in [0.29, 0.717) is 70.0 Å². The summed E-state index contributed by atoms with van der Waals surface area (Å²) in [6, 6.07) is 3.50. The van der Waals surface area contributed by atoms with E-state index in [0.717, 1.165) is 0 Å². The highest BCUT2D eigenvalue weighted by molar-refractivity contribution is 5.70. The zero-order valence-corrected chi connectivity index (χ0v) is 17.6. The largest absolute Gasteiger partial charge is 0.491 e. The number of anilines is 2. The smallest absolute Gasteiger partial charge is 0.426 e. The highest BCUT2D eigenvalue weighted by Crippen LogP contribution is 2.24. The van der Waals surface area contributed by atoms with Crippen molar-refractivity contribution in [3.05, 3.63) is 12.1 Å². The van der Waals surface area contributed by atoms with Gasteiger partial charge in [-0.15, -0.1) is 0 Å². The van der Waals surface area contributed by atoms with Gasteiger partial charge < -0.3 is 28.7 Å². The van der Waals surface area contributed by atoms with Crippen molar-refractivity contribution in [2.45, 2.75) is 26.4 Å². The second-order valence-electron chi connectivity index (χ2n) is 7.85. The summed E-state index contributed by atoms with van der Waals surface area (Å²) in [5.41, 5.74) is 4.63. The second kappa shape index (κ2) is 9.70. The Morgan fingerprint density at radius 1 is 1.20 bits per heavy atom. The fourth-order valence-corrected chi connectivity index (χ4v) is 2.91. The summed E-state index contributed by atoms with van der Waals surface area (Å²) in [6.07, 6.45) is -0.942. The van der Waals surface area contributed by atoms with E-state index in [9.17, 15) is 9.59 Å². The molecule has 2 aliphatic rings. The highest BCUT2D eigenvalue weighted by atomic mass is 16.6. The molecule has 2 amide bonds. The molecule has 0 saturated carbocycles. The number of carbonyl (C=O) groups is 2. The first-order valence-corrected chi connectivity index (χ1v) is 9.94. The zero-order chi connectivity index (χ0) is 21.6. The standard InChI is InChI=1S/C19H29N5O6/c1-19(2,3)30-17(25)22-21-15-12-14(28-10-6-24-7-11-29-18(24)26)13-16(20-15)23-4-8-27-9-5-23/h12-13H,4-11H2,1-3H3,(H,20,21)(H,22,25). The third-order valence-corrected chi connectivity index (χ3v) is 4.29. The number of hydrogen-bond acceptors (Lipinski definition) is 9. The topological polar surface area (TPSA) is 114 Å². The van der Waals surface area contributed by atoms with E-state index in [1.807, 2.05) is 6.07 Å². The first kappa shape index (κ1) is 21.8. The van der Waals surface area contributed by atoms with Crippen molar-refractivity contribution in [1.29, 1.82) is 0 Å². The van der Waals surface area contributed by atoms with E-state index < -0.39 is 11.7 Å². The van der Waals surface area contributed by atoms with Crippen LogP contribution in [-0.4, -0.2) is 80.3 Å². The van der Waals surface area contributed by atoms with Crippen LogP contribution in [0.25, 0.3) is 0 Å². The quantitative estimate of drug-likeness (QED) is 0.631. The molecule has 0 unspecified atom stereocenters. The van der Waals surface area contributed by atoms with E-state index in [1.165, 1.54) is 0 Å². The van der Waals surface area contributed by atoms with E-state index in [2.05, 4.69) is 20.7 Å². The zero-order valence-electron chi connectivity index (χ0n) is 17.6. The van der Waals surface area contributed by atoms with Crippen LogP contribution in [-0.2, 0) is 14.2 Å². The lowest BCUT2D eigenvalue weighted by molar-refractivity contribution is 0.0540. The molecule has 2 saturated heterocycles. The summed E-state index contributed by atoms with van der Waals surface area (Å²) in [5.74, 6) is 1.66.